The third-order valence-corrected chi connectivity index (χ3v) is 7.39. The summed E-state index contributed by atoms with van der Waals surface area (Å²) in [6.45, 7) is 4.58. The van der Waals surface area contributed by atoms with Gasteiger partial charge in [-0.15, -0.1) is 0 Å². The first-order valence-corrected chi connectivity index (χ1v) is 12.4. The van der Waals surface area contributed by atoms with Gasteiger partial charge in [0.15, 0.2) is 0 Å². The number of nitrogens with zero attached hydrogens (tertiary/aromatic N) is 3. The number of hydrogen-bond donors (Lipinski definition) is 1. The average molecular weight is 481 g/mol. The van der Waals surface area contributed by atoms with Gasteiger partial charge in [0.2, 0.25) is 11.0 Å². The zero-order valence-corrected chi connectivity index (χ0v) is 20.3. The quantitative estimate of drug-likeness (QED) is 0.327. The number of aromatic nitrogens is 3. The van der Waals surface area contributed by atoms with E-state index in [4.69, 9.17) is 14.8 Å². The Morgan fingerprint density at radius 3 is 2.57 bits per heavy atom. The van der Waals surface area contributed by atoms with Crippen molar-refractivity contribution in [3.05, 3.63) is 101 Å². The third-order valence-electron chi connectivity index (χ3n) is 6.37. The van der Waals surface area contributed by atoms with Gasteiger partial charge in [-0.05, 0) is 49.2 Å². The van der Waals surface area contributed by atoms with Gasteiger partial charge in [-0.3, -0.25) is 4.79 Å². The minimum atomic E-state index is -0.0759. The molecule has 1 N–H and O–H groups in total. The van der Waals surface area contributed by atoms with E-state index < -0.39 is 0 Å². The summed E-state index contributed by atoms with van der Waals surface area (Å²) in [5.41, 5.74) is 6.29. The second kappa shape index (κ2) is 8.67. The van der Waals surface area contributed by atoms with E-state index in [0.717, 1.165) is 43.5 Å². The molecule has 174 valence electrons. The van der Waals surface area contributed by atoms with Crippen molar-refractivity contribution in [2.45, 2.75) is 32.8 Å². The summed E-state index contributed by atoms with van der Waals surface area (Å²) >= 11 is 1.56. The van der Waals surface area contributed by atoms with Crippen molar-refractivity contribution in [2.24, 2.45) is 0 Å². The second-order valence-corrected chi connectivity index (χ2v) is 9.88. The van der Waals surface area contributed by atoms with E-state index in [-0.39, 0.29) is 11.8 Å². The molecular formula is C28H24N4O2S. The highest BCUT2D eigenvalue weighted by Crippen LogP contribution is 2.41. The molecule has 6 rings (SSSR count). The number of ether oxygens (including phenoxy) is 1. The number of rotatable bonds is 5. The van der Waals surface area contributed by atoms with Crippen LogP contribution in [-0.2, 0) is 11.4 Å². The Kier molecular flexibility index (Phi) is 5.34. The standard InChI is InChI=1S/C28H24N4O2S/c1-17-7-9-19(10-8-17)16-34-21-13-11-20(12-14-21)22-15-25(33)30-27-26(22)18(2)31-32(27)28-29-23-5-3-4-6-24(23)35-28/h3-14,22H,15-16H2,1-2H3,(H,30,33)/t22-/m0/s1. The fourth-order valence-electron chi connectivity index (χ4n) is 4.57. The first kappa shape index (κ1) is 21.6. The van der Waals surface area contributed by atoms with Gasteiger partial charge in [-0.1, -0.05) is 65.4 Å². The number of nitrogens with one attached hydrogen (secondary N) is 1. The molecule has 1 aliphatic rings. The molecule has 1 amide bonds. The van der Waals surface area contributed by atoms with E-state index in [1.54, 1.807) is 16.0 Å². The molecule has 6 nitrogen and oxygen atoms in total. The van der Waals surface area contributed by atoms with E-state index in [1.165, 1.54) is 5.56 Å². The maximum Gasteiger partial charge on any atom is 0.226 e. The van der Waals surface area contributed by atoms with Crippen LogP contribution < -0.4 is 10.1 Å². The van der Waals surface area contributed by atoms with Crippen LogP contribution >= 0.6 is 11.3 Å². The number of benzene rings is 3. The summed E-state index contributed by atoms with van der Waals surface area (Å²) in [4.78, 5) is 17.5. The molecule has 0 saturated carbocycles. The smallest absolute Gasteiger partial charge is 0.226 e. The number of aryl methyl sites for hydroxylation is 2. The van der Waals surface area contributed by atoms with Gasteiger partial charge in [0.25, 0.3) is 0 Å². The van der Waals surface area contributed by atoms with E-state index in [1.807, 2.05) is 55.5 Å². The molecule has 5 aromatic rings. The van der Waals surface area contributed by atoms with Gasteiger partial charge in [-0.25, -0.2) is 4.98 Å². The third kappa shape index (κ3) is 4.08. The molecule has 35 heavy (non-hydrogen) atoms. The van der Waals surface area contributed by atoms with Crippen molar-refractivity contribution in [1.82, 2.24) is 14.8 Å². The molecule has 0 saturated heterocycles. The Bertz CT molecular complexity index is 1500. The van der Waals surface area contributed by atoms with Crippen LogP contribution in [0.15, 0.2) is 72.8 Å². The van der Waals surface area contributed by atoms with E-state index in [2.05, 4.69) is 36.5 Å². The van der Waals surface area contributed by atoms with Crippen molar-refractivity contribution in [3.63, 3.8) is 0 Å². The van der Waals surface area contributed by atoms with Crippen LogP contribution in [0.3, 0.4) is 0 Å². The predicted molar refractivity (Wildman–Crippen MR) is 139 cm³/mol. The Morgan fingerprint density at radius 2 is 1.80 bits per heavy atom. The highest BCUT2D eigenvalue weighted by molar-refractivity contribution is 7.20. The minimum Gasteiger partial charge on any atom is -0.489 e. The molecule has 7 heteroatoms. The topological polar surface area (TPSA) is 69.0 Å². The first-order valence-electron chi connectivity index (χ1n) is 11.6. The number of carbonyl (C=O) groups is 1. The molecule has 3 heterocycles. The molecule has 1 aliphatic heterocycles. The van der Waals surface area contributed by atoms with Crippen molar-refractivity contribution < 1.29 is 9.53 Å². The number of fused-ring (bicyclic) bond motifs is 2. The molecule has 2 aromatic heterocycles. The number of anilines is 1. The molecule has 0 spiro atoms. The molecule has 0 bridgehead atoms. The lowest BCUT2D eigenvalue weighted by Gasteiger charge is -2.24. The zero-order chi connectivity index (χ0) is 23.9. The lowest BCUT2D eigenvalue weighted by molar-refractivity contribution is -0.116. The molecule has 0 aliphatic carbocycles. The van der Waals surface area contributed by atoms with Crippen molar-refractivity contribution in [2.75, 3.05) is 5.32 Å². The van der Waals surface area contributed by atoms with Crippen LogP contribution in [0.1, 0.15) is 40.3 Å². The van der Waals surface area contributed by atoms with E-state index in [9.17, 15) is 4.79 Å². The summed E-state index contributed by atoms with van der Waals surface area (Å²) in [6, 6.07) is 24.4. The lowest BCUT2D eigenvalue weighted by atomic mass is 9.86. The summed E-state index contributed by atoms with van der Waals surface area (Å²) < 4.78 is 8.84. The Hall–Kier alpha value is -3.97. The average Bonchev–Trinajstić information content (AvgIpc) is 3.44. The fourth-order valence-corrected chi connectivity index (χ4v) is 5.49. The van der Waals surface area contributed by atoms with Crippen molar-refractivity contribution in [3.8, 4) is 10.9 Å². The number of carbonyl (C=O) groups excluding carboxylic acids is 1. The molecular weight excluding hydrogens is 456 g/mol. The van der Waals surface area contributed by atoms with Crippen LogP contribution in [-0.4, -0.2) is 20.7 Å². The van der Waals surface area contributed by atoms with Gasteiger partial charge in [0.1, 0.15) is 18.2 Å². The van der Waals surface area contributed by atoms with Crippen LogP contribution in [0, 0.1) is 13.8 Å². The van der Waals surface area contributed by atoms with E-state index >= 15 is 0 Å². The summed E-state index contributed by atoms with van der Waals surface area (Å²) in [6.07, 6.45) is 0.378. The van der Waals surface area contributed by atoms with E-state index in [0.29, 0.717) is 18.8 Å². The van der Waals surface area contributed by atoms with Gasteiger partial charge >= 0.3 is 0 Å². The van der Waals surface area contributed by atoms with Crippen molar-refractivity contribution in [1.29, 1.82) is 0 Å². The van der Waals surface area contributed by atoms with Gasteiger partial charge in [-0.2, -0.15) is 9.78 Å². The monoisotopic (exact) mass is 480 g/mol. The molecule has 0 fully saturated rings. The Morgan fingerprint density at radius 1 is 1.03 bits per heavy atom. The predicted octanol–water partition coefficient (Wildman–Crippen LogP) is 6.15. The van der Waals surface area contributed by atoms with Gasteiger partial charge in [0, 0.05) is 17.9 Å². The molecule has 0 unspecified atom stereocenters. The largest absolute Gasteiger partial charge is 0.489 e. The van der Waals surface area contributed by atoms with Gasteiger partial charge in [0.05, 0.1) is 15.9 Å². The molecule has 1 atom stereocenters. The fraction of sp³-hybridized carbons (Fsp3) is 0.179. The number of para-hydroxylation sites is 1. The summed E-state index contributed by atoms with van der Waals surface area (Å²) in [7, 11) is 0. The molecule has 3 aromatic carbocycles. The SMILES string of the molecule is Cc1ccc(COc2ccc([C@@H]3CC(=O)Nc4c3c(C)nn4-c3nc4ccccc4s3)cc2)cc1. The summed E-state index contributed by atoms with van der Waals surface area (Å²) in [5, 5.41) is 8.58. The normalized spacial score (nSPS) is 15.1. The number of thiazole rings is 1. The number of hydrogen-bond acceptors (Lipinski definition) is 5. The highest BCUT2D eigenvalue weighted by atomic mass is 32.1. The Balaban J connectivity index is 1.29. The van der Waals surface area contributed by atoms with Crippen LogP contribution in [0.5, 0.6) is 5.75 Å². The number of amides is 1. The van der Waals surface area contributed by atoms with Crippen LogP contribution in [0.25, 0.3) is 15.3 Å². The first-order chi connectivity index (χ1) is 17.0. The van der Waals surface area contributed by atoms with Gasteiger partial charge < -0.3 is 10.1 Å². The maximum atomic E-state index is 12.7. The summed E-state index contributed by atoms with van der Waals surface area (Å²) in [5.74, 6) is 1.41. The zero-order valence-electron chi connectivity index (χ0n) is 19.5. The highest BCUT2D eigenvalue weighted by Gasteiger charge is 2.33. The minimum absolute atomic E-state index is 0.0236. The second-order valence-electron chi connectivity index (χ2n) is 8.87. The lowest BCUT2D eigenvalue weighted by Crippen LogP contribution is -2.24. The maximum absolute atomic E-state index is 12.7. The molecule has 0 radical (unpaired) electrons. The van der Waals surface area contributed by atoms with Crippen LogP contribution in [0.4, 0.5) is 5.82 Å². The van der Waals surface area contributed by atoms with Crippen molar-refractivity contribution >= 4 is 33.3 Å². The van der Waals surface area contributed by atoms with Crippen LogP contribution in [0.2, 0.25) is 0 Å². The Labute approximate surface area is 207 Å².